The van der Waals surface area contributed by atoms with Crippen LogP contribution >= 0.6 is 0 Å². The van der Waals surface area contributed by atoms with E-state index in [0.29, 0.717) is 0 Å². The summed E-state index contributed by atoms with van der Waals surface area (Å²) in [5, 5.41) is 0. The molecular weight excluding hydrogens is 261 g/mol. The molecule has 40 valence electrons. The number of rotatable bonds is 0. The number of hydrogen-bond acceptors (Lipinski definition) is 0. The molecule has 0 atom stereocenters. The van der Waals surface area contributed by atoms with Gasteiger partial charge in [0.25, 0.3) is 0 Å². The first kappa shape index (κ1) is 348. The van der Waals surface area contributed by atoms with E-state index in [0.717, 1.165) is 0 Å². The molecule has 0 aromatic rings. The SMILES string of the molecule is O.O.O.O.[Au+3]. The van der Waals surface area contributed by atoms with E-state index >= 15 is 0 Å². The molecule has 0 rings (SSSR count). The van der Waals surface area contributed by atoms with Gasteiger partial charge >= 0.3 is 22.4 Å². The van der Waals surface area contributed by atoms with E-state index in [9.17, 15) is 0 Å². The predicted octanol–water partition coefficient (Wildman–Crippen LogP) is -3.30. The van der Waals surface area contributed by atoms with Crippen molar-refractivity contribution in [2.24, 2.45) is 0 Å². The second kappa shape index (κ2) is 174. The Balaban J connectivity index is 0. The molecule has 4 nitrogen and oxygen atoms in total. The van der Waals surface area contributed by atoms with Crippen LogP contribution in [0.3, 0.4) is 0 Å². The van der Waals surface area contributed by atoms with Gasteiger partial charge in [0.2, 0.25) is 0 Å². The quantitative estimate of drug-likeness (QED) is 0.408. The molecule has 0 aliphatic rings. The van der Waals surface area contributed by atoms with Crippen molar-refractivity contribution < 1.29 is 44.3 Å². The number of hydrogen-bond donors (Lipinski definition) is 0. The minimum absolute atomic E-state index is 0. The monoisotopic (exact) mass is 269 g/mol. The summed E-state index contributed by atoms with van der Waals surface area (Å²) in [6.07, 6.45) is 0. The maximum absolute atomic E-state index is 0. The average Bonchev–Trinajstić information content (AvgIpc) is 0. The van der Waals surface area contributed by atoms with Crippen LogP contribution in [0.1, 0.15) is 0 Å². The van der Waals surface area contributed by atoms with Crippen LogP contribution in [0.4, 0.5) is 0 Å². The standard InChI is InChI=1S/Au.4H2O/h;4*1H2/q+3;;;;. The summed E-state index contributed by atoms with van der Waals surface area (Å²) in [5.74, 6) is 0. The fraction of sp³-hybridized carbons (Fsp3) is 0. The zero-order valence-corrected chi connectivity index (χ0v) is 4.47. The maximum atomic E-state index is 0. The van der Waals surface area contributed by atoms with E-state index < -0.39 is 0 Å². The molecule has 0 spiro atoms. The van der Waals surface area contributed by atoms with Crippen LogP contribution in [0.25, 0.3) is 0 Å². The Bertz CT molecular complexity index is 3.61. The molecule has 0 bridgehead atoms. The van der Waals surface area contributed by atoms with Gasteiger partial charge in [0.05, 0.1) is 0 Å². The van der Waals surface area contributed by atoms with Crippen molar-refractivity contribution in [1.29, 1.82) is 0 Å². The van der Waals surface area contributed by atoms with Gasteiger partial charge in [-0.15, -0.1) is 0 Å². The molecule has 5 heteroatoms. The van der Waals surface area contributed by atoms with Crippen molar-refractivity contribution in [1.82, 2.24) is 0 Å². The van der Waals surface area contributed by atoms with Gasteiger partial charge in [-0.1, -0.05) is 0 Å². The van der Waals surface area contributed by atoms with Gasteiger partial charge in [0.1, 0.15) is 0 Å². The summed E-state index contributed by atoms with van der Waals surface area (Å²) in [4.78, 5) is 0. The minimum Gasteiger partial charge on any atom is -0.412 e. The molecule has 0 aromatic carbocycles. The molecule has 0 radical (unpaired) electrons. The molecule has 0 saturated carbocycles. The van der Waals surface area contributed by atoms with E-state index in [-0.39, 0.29) is 44.3 Å². The first-order valence-electron chi connectivity index (χ1n) is 0. The molecule has 0 saturated heterocycles. The van der Waals surface area contributed by atoms with E-state index in [4.69, 9.17) is 0 Å². The van der Waals surface area contributed by atoms with Gasteiger partial charge in [-0.25, -0.2) is 0 Å². The molecule has 0 fully saturated rings. The Morgan fingerprint density at radius 3 is 0.400 bits per heavy atom. The summed E-state index contributed by atoms with van der Waals surface area (Å²) < 4.78 is 0. The van der Waals surface area contributed by atoms with Crippen LogP contribution < -0.4 is 0 Å². The molecule has 0 aliphatic heterocycles. The van der Waals surface area contributed by atoms with E-state index in [1.807, 2.05) is 0 Å². The van der Waals surface area contributed by atoms with E-state index in [1.54, 1.807) is 0 Å². The molecule has 0 aliphatic carbocycles. The summed E-state index contributed by atoms with van der Waals surface area (Å²) >= 11 is 0. The summed E-state index contributed by atoms with van der Waals surface area (Å²) in [6, 6.07) is 0. The van der Waals surface area contributed by atoms with Crippen molar-refractivity contribution >= 4 is 0 Å². The largest absolute Gasteiger partial charge is 3.00 e. The van der Waals surface area contributed by atoms with Gasteiger partial charge < -0.3 is 21.9 Å². The topological polar surface area (TPSA) is 126 Å². The minimum atomic E-state index is 0. The van der Waals surface area contributed by atoms with Crippen LogP contribution in [0.5, 0.6) is 0 Å². The first-order valence-corrected chi connectivity index (χ1v) is 0. The molecule has 8 N–H and O–H groups in total. The Morgan fingerprint density at radius 2 is 0.400 bits per heavy atom. The predicted molar refractivity (Wildman–Crippen MR) is 14.5 cm³/mol. The summed E-state index contributed by atoms with van der Waals surface area (Å²) in [7, 11) is 0. The Morgan fingerprint density at radius 1 is 0.400 bits per heavy atom. The molecule has 0 unspecified atom stereocenters. The summed E-state index contributed by atoms with van der Waals surface area (Å²) in [6.45, 7) is 0. The van der Waals surface area contributed by atoms with Gasteiger partial charge in [-0.05, 0) is 0 Å². The third kappa shape index (κ3) is 90.6. The van der Waals surface area contributed by atoms with Crippen LogP contribution in [-0.4, -0.2) is 21.9 Å². The van der Waals surface area contributed by atoms with Gasteiger partial charge in [0.15, 0.2) is 0 Å². The van der Waals surface area contributed by atoms with Gasteiger partial charge in [-0.2, -0.15) is 0 Å². The van der Waals surface area contributed by atoms with Gasteiger partial charge in [0, 0.05) is 0 Å². The Labute approximate surface area is 44.9 Å². The van der Waals surface area contributed by atoms with Crippen LogP contribution in [0.15, 0.2) is 0 Å². The zero-order chi connectivity index (χ0) is 0. The molecular formula is H8AuO4+3. The Hall–Kier alpha value is 0.580. The van der Waals surface area contributed by atoms with E-state index in [1.165, 1.54) is 0 Å². The van der Waals surface area contributed by atoms with Crippen LogP contribution in [0, 0.1) is 0 Å². The van der Waals surface area contributed by atoms with Crippen molar-refractivity contribution in [2.75, 3.05) is 0 Å². The van der Waals surface area contributed by atoms with Crippen LogP contribution in [0.2, 0.25) is 0 Å². The maximum Gasteiger partial charge on any atom is 3.00 e. The second-order valence-electron chi connectivity index (χ2n) is 0. The third-order valence-electron chi connectivity index (χ3n) is 0. The normalized spacial score (nSPS) is 0. The first-order chi connectivity index (χ1) is 0. The Kier molecular flexibility index (Phi) is 12100. The van der Waals surface area contributed by atoms with Crippen molar-refractivity contribution in [3.8, 4) is 0 Å². The fourth-order valence-electron chi connectivity index (χ4n) is 0. The molecule has 0 aromatic heterocycles. The zero-order valence-electron chi connectivity index (χ0n) is 2.30. The van der Waals surface area contributed by atoms with Crippen molar-refractivity contribution in [3.05, 3.63) is 0 Å². The third-order valence-corrected chi connectivity index (χ3v) is 0. The fourth-order valence-corrected chi connectivity index (χ4v) is 0. The average molecular weight is 269 g/mol. The summed E-state index contributed by atoms with van der Waals surface area (Å²) in [5.41, 5.74) is 0. The molecule has 0 amide bonds. The second-order valence-corrected chi connectivity index (χ2v) is 0. The van der Waals surface area contributed by atoms with E-state index in [2.05, 4.69) is 0 Å². The smallest absolute Gasteiger partial charge is 0.412 e. The van der Waals surface area contributed by atoms with Crippen molar-refractivity contribution in [2.45, 2.75) is 0 Å². The molecule has 0 heterocycles. The van der Waals surface area contributed by atoms with Gasteiger partial charge in [-0.3, -0.25) is 0 Å². The van der Waals surface area contributed by atoms with Crippen LogP contribution in [-0.2, 0) is 22.4 Å². The molecule has 5 heavy (non-hydrogen) atoms. The van der Waals surface area contributed by atoms with Crippen molar-refractivity contribution in [3.63, 3.8) is 0 Å².